The van der Waals surface area contributed by atoms with Crippen molar-refractivity contribution >= 4 is 24.1 Å². The first kappa shape index (κ1) is 28.2. The number of hydrazine groups is 1. The Hall–Kier alpha value is -3.80. The van der Waals surface area contributed by atoms with E-state index in [2.05, 4.69) is 5.32 Å². The van der Waals surface area contributed by atoms with Gasteiger partial charge in [-0.2, -0.15) is 5.10 Å². The molecule has 1 aliphatic heterocycles. The Morgan fingerprint density at radius 1 is 1.21 bits per heavy atom. The van der Waals surface area contributed by atoms with Crippen LogP contribution in [-0.4, -0.2) is 83.1 Å². The zero-order valence-corrected chi connectivity index (χ0v) is 23.1. The van der Waals surface area contributed by atoms with Crippen LogP contribution in [0.2, 0.25) is 0 Å². The summed E-state index contributed by atoms with van der Waals surface area (Å²) in [4.78, 5) is 36.8. The number of carbonyl (C=O) groups is 3. The van der Waals surface area contributed by atoms with Crippen molar-refractivity contribution in [3.63, 3.8) is 0 Å². The Kier molecular flexibility index (Phi) is 8.34. The van der Waals surface area contributed by atoms with Gasteiger partial charge in [0.25, 0.3) is 5.91 Å². The van der Waals surface area contributed by atoms with Crippen LogP contribution < -0.4 is 14.8 Å². The van der Waals surface area contributed by atoms with Crippen molar-refractivity contribution in [1.82, 2.24) is 19.8 Å². The smallest absolute Gasteiger partial charge is 0.424 e. The Morgan fingerprint density at radius 3 is 2.62 bits per heavy atom. The van der Waals surface area contributed by atoms with Gasteiger partial charge in [-0.15, -0.1) is 0 Å². The molecule has 1 saturated heterocycles. The van der Waals surface area contributed by atoms with Crippen LogP contribution >= 0.6 is 0 Å². The van der Waals surface area contributed by atoms with E-state index in [0.717, 1.165) is 31.5 Å². The molecule has 12 heteroatoms. The number of aromatic nitrogens is 2. The van der Waals surface area contributed by atoms with Gasteiger partial charge in [-0.05, 0) is 46.5 Å². The highest BCUT2D eigenvalue weighted by Gasteiger charge is 2.34. The van der Waals surface area contributed by atoms with Crippen LogP contribution in [0.15, 0.2) is 18.2 Å². The number of benzene rings is 1. The quantitative estimate of drug-likeness (QED) is 0.480. The number of phenols is 1. The lowest BCUT2D eigenvalue weighted by molar-refractivity contribution is -0.118. The number of aldehydes is 1. The van der Waals surface area contributed by atoms with E-state index in [-0.39, 0.29) is 40.9 Å². The fourth-order valence-corrected chi connectivity index (χ4v) is 4.96. The van der Waals surface area contributed by atoms with Crippen molar-refractivity contribution in [2.45, 2.75) is 64.0 Å². The van der Waals surface area contributed by atoms with E-state index in [0.29, 0.717) is 25.1 Å². The van der Waals surface area contributed by atoms with E-state index < -0.39 is 18.1 Å². The van der Waals surface area contributed by atoms with Crippen molar-refractivity contribution in [2.75, 3.05) is 39.2 Å². The highest BCUT2D eigenvalue weighted by atomic mass is 16.6. The highest BCUT2D eigenvalue weighted by Crippen LogP contribution is 2.38. The van der Waals surface area contributed by atoms with Crippen LogP contribution in [0.1, 0.15) is 68.4 Å². The molecule has 39 heavy (non-hydrogen) atoms. The van der Waals surface area contributed by atoms with Gasteiger partial charge in [-0.3, -0.25) is 9.59 Å². The second-order valence-electron chi connectivity index (χ2n) is 10.9. The van der Waals surface area contributed by atoms with Crippen LogP contribution in [-0.2, 0) is 15.1 Å². The molecule has 1 saturated carbocycles. The van der Waals surface area contributed by atoms with Crippen LogP contribution in [0.25, 0.3) is 0 Å². The van der Waals surface area contributed by atoms with Crippen molar-refractivity contribution in [1.29, 1.82) is 0 Å². The molecule has 4 rings (SSSR count). The number of methoxy groups -OCH3 is 1. The molecule has 2 heterocycles. The first-order valence-corrected chi connectivity index (χ1v) is 13.1. The zero-order chi connectivity index (χ0) is 28.3. The topological polar surface area (TPSA) is 135 Å². The Morgan fingerprint density at radius 2 is 1.97 bits per heavy atom. The Balaban J connectivity index is 1.42. The number of hydrogen-bond acceptors (Lipinski definition) is 9. The lowest BCUT2D eigenvalue weighted by atomic mass is 10.0. The molecule has 0 bridgehead atoms. The average Bonchev–Trinajstić information content (AvgIpc) is 3.62. The summed E-state index contributed by atoms with van der Waals surface area (Å²) in [5.41, 5.74) is 0.327. The van der Waals surface area contributed by atoms with Crippen molar-refractivity contribution in [3.05, 3.63) is 29.5 Å². The zero-order valence-electron chi connectivity index (χ0n) is 23.1. The van der Waals surface area contributed by atoms with E-state index in [4.69, 9.17) is 19.3 Å². The van der Waals surface area contributed by atoms with Gasteiger partial charge in [0.15, 0.2) is 12.9 Å². The van der Waals surface area contributed by atoms with Crippen LogP contribution in [0.3, 0.4) is 0 Å². The van der Waals surface area contributed by atoms with Gasteiger partial charge in [0.05, 0.1) is 23.9 Å². The first-order chi connectivity index (χ1) is 18.5. The Bertz CT molecular complexity index is 1220. The van der Waals surface area contributed by atoms with Crippen molar-refractivity contribution in [2.24, 2.45) is 0 Å². The first-order valence-electron chi connectivity index (χ1n) is 13.1. The predicted molar refractivity (Wildman–Crippen MR) is 142 cm³/mol. The van der Waals surface area contributed by atoms with Crippen LogP contribution in [0, 0.1) is 0 Å². The molecule has 1 aromatic heterocycles. The summed E-state index contributed by atoms with van der Waals surface area (Å²) >= 11 is 0. The number of phenolic OH excluding ortho intramolecular Hbond substituents is 1. The normalized spacial score (nSPS) is 19.7. The van der Waals surface area contributed by atoms with Gasteiger partial charge in [-0.25, -0.2) is 19.5 Å². The Labute approximate surface area is 227 Å². The molecule has 0 radical (unpaired) electrons. The van der Waals surface area contributed by atoms with Gasteiger partial charge in [0.1, 0.15) is 29.2 Å². The number of nitrogens with zero attached hydrogens (tertiary/aromatic N) is 4. The average molecular weight is 544 g/mol. The van der Waals surface area contributed by atoms with Gasteiger partial charge < -0.3 is 24.6 Å². The summed E-state index contributed by atoms with van der Waals surface area (Å²) in [6, 6.07) is 4.57. The molecular formula is C27H37N5O7. The minimum atomic E-state index is -0.459. The maximum absolute atomic E-state index is 12.8. The fourth-order valence-electron chi connectivity index (χ4n) is 4.96. The summed E-state index contributed by atoms with van der Waals surface area (Å²) in [5.74, 6) is 0.159. The summed E-state index contributed by atoms with van der Waals surface area (Å²) in [7, 11) is 3.30. The summed E-state index contributed by atoms with van der Waals surface area (Å²) < 4.78 is 18.2. The lowest BCUT2D eigenvalue weighted by Crippen LogP contribution is -2.40. The number of rotatable bonds is 8. The third-order valence-electron chi connectivity index (χ3n) is 6.98. The molecule has 212 valence electrons. The van der Waals surface area contributed by atoms with Gasteiger partial charge >= 0.3 is 6.09 Å². The number of aromatic hydroxyl groups is 1. The molecular weight excluding hydrogens is 506 g/mol. The predicted octanol–water partition coefficient (Wildman–Crippen LogP) is 3.51. The monoisotopic (exact) mass is 543 g/mol. The molecule has 2 N–H and O–H groups in total. The number of hydrogen-bond donors (Lipinski definition) is 2. The van der Waals surface area contributed by atoms with Gasteiger partial charge in [0, 0.05) is 44.3 Å². The minimum absolute atomic E-state index is 0.0358. The van der Waals surface area contributed by atoms with Gasteiger partial charge in [-0.1, -0.05) is 0 Å². The SMILES string of the molecule is COc1cc(O)c(C=O)c(OCC(=O)Nc2cc([C@H]3CC[C@@H](OC(=O)N4CCCN4C)C3)nn2C(C)(C)C)c1. The standard InChI is InChI=1S/C27H37N5O7/c1-27(2,3)32-24(28-25(35)16-38-23-13-19(37-5)12-22(34)20(23)15-33)14-21(29-32)17-7-8-18(11-17)39-26(36)31-10-6-9-30(31)4/h12-15,17-18,34H,6-11,16H2,1-5H3,(H,28,35)/t17-,18+/m0/s1. The number of nitrogens with one attached hydrogen (secondary N) is 1. The minimum Gasteiger partial charge on any atom is -0.507 e. The van der Waals surface area contributed by atoms with Gasteiger partial charge in [0.2, 0.25) is 0 Å². The number of ether oxygens (including phenoxy) is 3. The van der Waals surface area contributed by atoms with E-state index in [1.165, 1.54) is 19.2 Å². The van der Waals surface area contributed by atoms with E-state index in [1.807, 2.05) is 38.9 Å². The van der Waals surface area contributed by atoms with Crippen molar-refractivity contribution in [3.8, 4) is 17.2 Å². The van der Waals surface area contributed by atoms with Crippen molar-refractivity contribution < 1.29 is 33.7 Å². The second-order valence-corrected chi connectivity index (χ2v) is 10.9. The molecule has 2 aromatic rings. The number of carbonyl (C=O) groups excluding carboxylic acids is 3. The summed E-state index contributed by atoms with van der Waals surface area (Å²) in [6.45, 7) is 7.06. The third-order valence-corrected chi connectivity index (χ3v) is 6.98. The molecule has 0 spiro atoms. The maximum atomic E-state index is 12.8. The molecule has 12 nitrogen and oxygen atoms in total. The lowest BCUT2D eigenvalue weighted by Gasteiger charge is -2.25. The van der Waals surface area contributed by atoms with Crippen LogP contribution in [0.4, 0.5) is 10.6 Å². The third kappa shape index (κ3) is 6.44. The second kappa shape index (κ2) is 11.5. The molecule has 2 fully saturated rings. The molecule has 1 aromatic carbocycles. The van der Waals surface area contributed by atoms with E-state index in [9.17, 15) is 19.5 Å². The van der Waals surface area contributed by atoms with E-state index in [1.54, 1.807) is 9.69 Å². The number of anilines is 1. The summed E-state index contributed by atoms with van der Waals surface area (Å²) in [6.07, 6.45) is 3.12. The fraction of sp³-hybridized carbons (Fsp3) is 0.556. The maximum Gasteiger partial charge on any atom is 0.424 e. The molecule has 2 atom stereocenters. The number of amides is 2. The van der Waals surface area contributed by atoms with E-state index >= 15 is 0 Å². The molecule has 1 aliphatic carbocycles. The molecule has 2 aliphatic rings. The molecule has 0 unspecified atom stereocenters. The molecule has 2 amide bonds. The van der Waals surface area contributed by atoms with Crippen LogP contribution in [0.5, 0.6) is 17.2 Å². The largest absolute Gasteiger partial charge is 0.507 e. The highest BCUT2D eigenvalue weighted by molar-refractivity contribution is 5.91. The summed E-state index contributed by atoms with van der Waals surface area (Å²) in [5, 5.41) is 21.2.